The monoisotopic (exact) mass is 402 g/mol. The van der Waals surface area contributed by atoms with E-state index >= 15 is 0 Å². The second kappa shape index (κ2) is 7.71. The van der Waals surface area contributed by atoms with E-state index in [1.165, 1.54) is 11.8 Å². The highest BCUT2D eigenvalue weighted by molar-refractivity contribution is 8.05. The summed E-state index contributed by atoms with van der Waals surface area (Å²) in [5.74, 6) is 1.47. The topological polar surface area (TPSA) is 66.5 Å². The zero-order valence-electron chi connectivity index (χ0n) is 15.4. The lowest BCUT2D eigenvalue weighted by Crippen LogP contribution is -2.37. The number of hydrogen-bond donors (Lipinski definition) is 2. The molecule has 3 aromatic rings. The number of nitrogens with zero attached hydrogens (tertiary/aromatic N) is 2. The Hall–Kier alpha value is -3.13. The molecule has 1 amide bonds. The fourth-order valence-electron chi connectivity index (χ4n) is 3.27. The number of hydrogen-bond acceptors (Lipinski definition) is 6. The minimum atomic E-state index is -0.143. The summed E-state index contributed by atoms with van der Waals surface area (Å²) in [6.45, 7) is 0. The van der Waals surface area contributed by atoms with E-state index in [0.29, 0.717) is 4.91 Å². The van der Waals surface area contributed by atoms with Gasteiger partial charge in [-0.25, -0.2) is 10.4 Å². The van der Waals surface area contributed by atoms with E-state index in [-0.39, 0.29) is 17.6 Å². The van der Waals surface area contributed by atoms with Crippen LogP contribution in [-0.4, -0.2) is 21.4 Å². The average molecular weight is 402 g/mol. The molecule has 2 saturated heterocycles. The molecule has 2 aromatic carbocycles. The van der Waals surface area contributed by atoms with Gasteiger partial charge in [-0.05, 0) is 53.6 Å². The lowest BCUT2D eigenvalue weighted by molar-refractivity contribution is -0.127. The van der Waals surface area contributed by atoms with Gasteiger partial charge in [0.05, 0.1) is 4.91 Å². The summed E-state index contributed by atoms with van der Waals surface area (Å²) < 4.78 is 5.89. The van der Waals surface area contributed by atoms with Crippen molar-refractivity contribution in [1.29, 1.82) is 0 Å². The number of fused-ring (bicyclic) bond motifs is 1. The standard InChI is InChI=1S/C22H18N4O2S/c27-21-19(29-22-24-20(25-26(21)22)16-9-11-23-12-10-16)14-15-5-4-8-18(13-15)28-17-6-2-1-3-7-17/h1-14,20,22,24-25H/b19-14-. The number of benzene rings is 2. The van der Waals surface area contributed by atoms with E-state index in [2.05, 4.69) is 15.7 Å². The zero-order chi connectivity index (χ0) is 19.6. The van der Waals surface area contributed by atoms with Gasteiger partial charge in [0, 0.05) is 12.4 Å². The maximum absolute atomic E-state index is 12.8. The molecular formula is C22H18N4O2S. The first-order chi connectivity index (χ1) is 14.3. The van der Waals surface area contributed by atoms with Crippen molar-refractivity contribution in [2.75, 3.05) is 0 Å². The SMILES string of the molecule is O=C1/C(=C/c2cccc(Oc3ccccc3)c2)SC2NC(c3ccncc3)NN12. The van der Waals surface area contributed by atoms with Crippen LogP contribution in [-0.2, 0) is 4.79 Å². The van der Waals surface area contributed by atoms with Gasteiger partial charge in [-0.15, -0.1) is 0 Å². The number of rotatable bonds is 4. The van der Waals surface area contributed by atoms with Crippen LogP contribution in [0, 0.1) is 0 Å². The summed E-state index contributed by atoms with van der Waals surface area (Å²) in [5, 5.41) is 5.07. The van der Waals surface area contributed by atoms with Crippen molar-refractivity contribution >= 4 is 23.7 Å². The minimum Gasteiger partial charge on any atom is -0.457 e. The number of para-hydroxylation sites is 1. The molecule has 0 bridgehead atoms. The van der Waals surface area contributed by atoms with Gasteiger partial charge in [0.2, 0.25) is 0 Å². The Morgan fingerprint density at radius 2 is 1.79 bits per heavy atom. The summed E-state index contributed by atoms with van der Waals surface area (Å²) in [7, 11) is 0. The molecular weight excluding hydrogens is 384 g/mol. The number of amides is 1. The highest BCUT2D eigenvalue weighted by atomic mass is 32.2. The highest BCUT2D eigenvalue weighted by Crippen LogP contribution is 2.38. The van der Waals surface area contributed by atoms with Gasteiger partial charge in [0.1, 0.15) is 17.7 Å². The van der Waals surface area contributed by atoms with Crippen LogP contribution in [0.25, 0.3) is 6.08 Å². The van der Waals surface area contributed by atoms with Crippen LogP contribution in [0.15, 0.2) is 84.0 Å². The van der Waals surface area contributed by atoms with Crippen LogP contribution in [0.2, 0.25) is 0 Å². The largest absolute Gasteiger partial charge is 0.457 e. The van der Waals surface area contributed by atoms with Crippen molar-refractivity contribution in [2.24, 2.45) is 0 Å². The normalized spacial score (nSPS) is 22.1. The maximum Gasteiger partial charge on any atom is 0.276 e. The summed E-state index contributed by atoms with van der Waals surface area (Å²) >= 11 is 1.50. The third-order valence-corrected chi connectivity index (χ3v) is 5.77. The van der Waals surface area contributed by atoms with Crippen molar-refractivity contribution in [3.8, 4) is 11.5 Å². The first-order valence-corrected chi connectivity index (χ1v) is 10.1. The number of thioether (sulfide) groups is 1. The van der Waals surface area contributed by atoms with Crippen molar-refractivity contribution < 1.29 is 9.53 Å². The van der Waals surface area contributed by atoms with Crippen molar-refractivity contribution in [2.45, 2.75) is 11.7 Å². The summed E-state index contributed by atoms with van der Waals surface area (Å²) in [6, 6.07) is 21.2. The molecule has 6 nitrogen and oxygen atoms in total. The Labute approximate surface area is 172 Å². The summed E-state index contributed by atoms with van der Waals surface area (Å²) in [4.78, 5) is 17.6. The van der Waals surface area contributed by atoms with Gasteiger partial charge in [-0.2, -0.15) is 0 Å². The Balaban J connectivity index is 1.31. The lowest BCUT2D eigenvalue weighted by Gasteiger charge is -2.14. The second-order valence-corrected chi connectivity index (χ2v) is 7.77. The Kier molecular flexibility index (Phi) is 4.77. The number of carbonyl (C=O) groups is 1. The molecule has 2 N–H and O–H groups in total. The molecule has 0 spiro atoms. The van der Waals surface area contributed by atoms with Gasteiger partial charge in [0.25, 0.3) is 5.91 Å². The van der Waals surface area contributed by atoms with Gasteiger partial charge >= 0.3 is 0 Å². The van der Waals surface area contributed by atoms with Gasteiger partial charge < -0.3 is 4.74 Å². The lowest BCUT2D eigenvalue weighted by atomic mass is 10.2. The Morgan fingerprint density at radius 3 is 2.59 bits per heavy atom. The van der Waals surface area contributed by atoms with E-state index < -0.39 is 0 Å². The molecule has 1 aromatic heterocycles. The number of ether oxygens (including phenoxy) is 1. The van der Waals surface area contributed by atoms with Crippen LogP contribution < -0.4 is 15.5 Å². The molecule has 0 saturated carbocycles. The molecule has 29 heavy (non-hydrogen) atoms. The summed E-state index contributed by atoms with van der Waals surface area (Å²) in [6.07, 6.45) is 5.27. The van der Waals surface area contributed by atoms with Crippen LogP contribution >= 0.6 is 11.8 Å². The first kappa shape index (κ1) is 17.9. The van der Waals surface area contributed by atoms with Crippen molar-refractivity contribution in [3.63, 3.8) is 0 Å². The average Bonchev–Trinajstić information content (AvgIpc) is 3.29. The second-order valence-electron chi connectivity index (χ2n) is 6.65. The minimum absolute atomic E-state index is 0.0431. The van der Waals surface area contributed by atoms with E-state index in [0.717, 1.165) is 22.6 Å². The maximum atomic E-state index is 12.8. The van der Waals surface area contributed by atoms with E-state index in [9.17, 15) is 4.79 Å². The van der Waals surface area contributed by atoms with E-state index in [4.69, 9.17) is 4.74 Å². The predicted molar refractivity (Wildman–Crippen MR) is 112 cm³/mol. The summed E-state index contributed by atoms with van der Waals surface area (Å²) in [5.41, 5.74) is 5.05. The molecule has 5 rings (SSSR count). The van der Waals surface area contributed by atoms with E-state index in [1.807, 2.05) is 72.8 Å². The molecule has 2 fully saturated rings. The van der Waals surface area contributed by atoms with Crippen LogP contribution in [0.4, 0.5) is 0 Å². The Bertz CT molecular complexity index is 1060. The van der Waals surface area contributed by atoms with Crippen molar-refractivity contribution in [3.05, 3.63) is 95.2 Å². The zero-order valence-corrected chi connectivity index (χ0v) is 16.2. The fraction of sp³-hybridized carbons (Fsp3) is 0.0909. The molecule has 0 aliphatic carbocycles. The molecule has 2 aliphatic rings. The molecule has 2 atom stereocenters. The van der Waals surface area contributed by atoms with Crippen LogP contribution in [0.5, 0.6) is 11.5 Å². The van der Waals surface area contributed by atoms with Crippen LogP contribution in [0.1, 0.15) is 17.3 Å². The highest BCUT2D eigenvalue weighted by Gasteiger charge is 2.43. The molecule has 0 radical (unpaired) electrons. The molecule has 2 aliphatic heterocycles. The fourth-order valence-corrected chi connectivity index (χ4v) is 4.38. The van der Waals surface area contributed by atoms with Crippen LogP contribution in [0.3, 0.4) is 0 Å². The van der Waals surface area contributed by atoms with E-state index in [1.54, 1.807) is 17.4 Å². The van der Waals surface area contributed by atoms with Gasteiger partial charge in [0.15, 0.2) is 5.50 Å². The number of hydrazine groups is 1. The number of pyridine rings is 1. The predicted octanol–water partition coefficient (Wildman–Crippen LogP) is 3.88. The van der Waals surface area contributed by atoms with Gasteiger partial charge in [-0.3, -0.25) is 15.1 Å². The quantitative estimate of drug-likeness (QED) is 0.646. The molecule has 3 heterocycles. The third-order valence-electron chi connectivity index (χ3n) is 4.65. The van der Waals surface area contributed by atoms with Crippen molar-refractivity contribution in [1.82, 2.24) is 20.7 Å². The Morgan fingerprint density at radius 1 is 1.00 bits per heavy atom. The number of nitrogens with one attached hydrogen (secondary N) is 2. The first-order valence-electron chi connectivity index (χ1n) is 9.23. The number of aromatic nitrogens is 1. The molecule has 144 valence electrons. The number of carbonyl (C=O) groups excluding carboxylic acids is 1. The smallest absolute Gasteiger partial charge is 0.276 e. The molecule has 2 unspecified atom stereocenters. The third kappa shape index (κ3) is 3.75. The molecule has 7 heteroatoms. The van der Waals surface area contributed by atoms with Gasteiger partial charge in [-0.1, -0.05) is 42.1 Å².